The zero-order valence-corrected chi connectivity index (χ0v) is 14.9. The topological polar surface area (TPSA) is 42.7 Å². The molecule has 0 N–H and O–H groups in total. The quantitative estimate of drug-likeness (QED) is 0.727. The number of aryl methyl sites for hydroxylation is 1. The van der Waals surface area contributed by atoms with Gasteiger partial charge in [-0.25, -0.2) is 4.79 Å². The fraction of sp³-hybridized carbons (Fsp3) is 0.450. The molecule has 0 aliphatic carbocycles. The molecule has 2 heterocycles. The summed E-state index contributed by atoms with van der Waals surface area (Å²) in [5.41, 5.74) is 3.01. The molecule has 1 aromatic heterocycles. The number of benzene rings is 1. The van der Waals surface area contributed by atoms with Gasteiger partial charge in [0.25, 0.3) is 0 Å². The van der Waals surface area contributed by atoms with Crippen LogP contribution in [-0.4, -0.2) is 29.7 Å². The zero-order valence-electron chi connectivity index (χ0n) is 14.9. The van der Waals surface area contributed by atoms with Gasteiger partial charge in [0.05, 0.1) is 0 Å². The molecule has 4 nitrogen and oxygen atoms in total. The highest BCUT2D eigenvalue weighted by atomic mass is 16.6. The molecule has 128 valence electrons. The van der Waals surface area contributed by atoms with Gasteiger partial charge in [-0.2, -0.15) is 0 Å². The number of nitrogens with zero attached hydrogens (tertiary/aromatic N) is 1. The molecule has 0 atom stereocenters. The van der Waals surface area contributed by atoms with Crippen LogP contribution in [0.1, 0.15) is 44.9 Å². The molecule has 2 aromatic rings. The van der Waals surface area contributed by atoms with Crippen LogP contribution in [-0.2, 0) is 4.74 Å². The van der Waals surface area contributed by atoms with E-state index in [-0.39, 0.29) is 6.09 Å². The Kier molecular flexibility index (Phi) is 4.39. The summed E-state index contributed by atoms with van der Waals surface area (Å²) in [6.45, 7) is 9.15. The number of ether oxygens (including phenoxy) is 1. The second-order valence-electron chi connectivity index (χ2n) is 7.46. The first-order valence-corrected chi connectivity index (χ1v) is 8.48. The summed E-state index contributed by atoms with van der Waals surface area (Å²) in [4.78, 5) is 13.9. The number of carbonyl (C=O) groups is 1. The number of likely N-dealkylation sites (tertiary alicyclic amines) is 1. The van der Waals surface area contributed by atoms with Gasteiger partial charge in [0, 0.05) is 18.5 Å². The predicted octanol–water partition coefficient (Wildman–Crippen LogP) is 5.16. The monoisotopic (exact) mass is 327 g/mol. The van der Waals surface area contributed by atoms with E-state index in [0.29, 0.717) is 13.1 Å². The molecule has 1 aromatic carbocycles. The van der Waals surface area contributed by atoms with E-state index in [9.17, 15) is 4.79 Å². The Morgan fingerprint density at radius 3 is 2.58 bits per heavy atom. The highest BCUT2D eigenvalue weighted by Gasteiger charge is 2.24. The number of hydrogen-bond acceptors (Lipinski definition) is 3. The van der Waals surface area contributed by atoms with Gasteiger partial charge < -0.3 is 14.1 Å². The summed E-state index contributed by atoms with van der Waals surface area (Å²) in [7, 11) is 0. The minimum absolute atomic E-state index is 0.222. The molecule has 1 saturated heterocycles. The Labute approximate surface area is 143 Å². The first-order valence-electron chi connectivity index (χ1n) is 8.48. The van der Waals surface area contributed by atoms with E-state index in [1.165, 1.54) is 11.1 Å². The third-order valence-electron chi connectivity index (χ3n) is 4.09. The van der Waals surface area contributed by atoms with Crippen molar-refractivity contribution in [1.29, 1.82) is 0 Å². The van der Waals surface area contributed by atoms with Gasteiger partial charge >= 0.3 is 6.09 Å². The van der Waals surface area contributed by atoms with Crippen LogP contribution in [0.4, 0.5) is 4.79 Å². The molecular formula is C20H25NO3. The Morgan fingerprint density at radius 2 is 1.92 bits per heavy atom. The Morgan fingerprint density at radius 1 is 1.21 bits per heavy atom. The van der Waals surface area contributed by atoms with Crippen molar-refractivity contribution in [2.24, 2.45) is 0 Å². The van der Waals surface area contributed by atoms with Crippen molar-refractivity contribution in [3.63, 3.8) is 0 Å². The lowest BCUT2D eigenvalue weighted by atomic mass is 10.0. The van der Waals surface area contributed by atoms with Crippen molar-refractivity contribution in [3.8, 4) is 0 Å². The van der Waals surface area contributed by atoms with Gasteiger partial charge in [-0.15, -0.1) is 0 Å². The average molecular weight is 327 g/mol. The maximum atomic E-state index is 12.1. The molecule has 3 rings (SSSR count). The van der Waals surface area contributed by atoms with Crippen LogP contribution < -0.4 is 0 Å². The largest absolute Gasteiger partial charge is 0.457 e. The van der Waals surface area contributed by atoms with Crippen molar-refractivity contribution in [2.75, 3.05) is 13.1 Å². The van der Waals surface area contributed by atoms with Crippen LogP contribution in [0.5, 0.6) is 0 Å². The van der Waals surface area contributed by atoms with Gasteiger partial charge in [-0.3, -0.25) is 0 Å². The Bertz CT molecular complexity index is 770. The SMILES string of the molecule is Cc1ccc2oc(C=C3CCN(C(=O)OC(C)(C)C)CC3)cc2c1. The maximum absolute atomic E-state index is 12.1. The standard InChI is InChI=1S/C20H25NO3/c1-14-5-6-18-16(11-14)13-17(23-18)12-15-7-9-21(10-8-15)19(22)24-20(2,3)4/h5-6,11-13H,7-10H2,1-4H3. The molecule has 4 heteroatoms. The third-order valence-corrected chi connectivity index (χ3v) is 4.09. The summed E-state index contributed by atoms with van der Waals surface area (Å²) in [5.74, 6) is 0.885. The number of amides is 1. The van der Waals surface area contributed by atoms with Crippen LogP contribution in [0.2, 0.25) is 0 Å². The molecule has 24 heavy (non-hydrogen) atoms. The highest BCUT2D eigenvalue weighted by Crippen LogP contribution is 2.25. The fourth-order valence-corrected chi connectivity index (χ4v) is 2.90. The second-order valence-corrected chi connectivity index (χ2v) is 7.46. The van der Waals surface area contributed by atoms with E-state index in [2.05, 4.69) is 31.2 Å². The van der Waals surface area contributed by atoms with Crippen LogP contribution >= 0.6 is 0 Å². The van der Waals surface area contributed by atoms with Crippen molar-refractivity contribution >= 4 is 23.1 Å². The number of rotatable bonds is 1. The minimum atomic E-state index is -0.445. The van der Waals surface area contributed by atoms with Gasteiger partial charge in [-0.1, -0.05) is 17.2 Å². The molecule has 1 aliphatic heterocycles. The summed E-state index contributed by atoms with van der Waals surface area (Å²) in [6, 6.07) is 8.28. The molecule has 1 amide bonds. The highest BCUT2D eigenvalue weighted by molar-refractivity contribution is 5.80. The van der Waals surface area contributed by atoms with Crippen LogP contribution in [0.3, 0.4) is 0 Å². The van der Waals surface area contributed by atoms with Crippen molar-refractivity contribution in [1.82, 2.24) is 4.90 Å². The molecule has 0 bridgehead atoms. The molecule has 0 spiro atoms. The minimum Gasteiger partial charge on any atom is -0.457 e. The normalized spacial score (nSPS) is 15.7. The summed E-state index contributed by atoms with van der Waals surface area (Å²) in [6.07, 6.45) is 3.60. The molecule has 0 radical (unpaired) electrons. The van der Waals surface area contributed by atoms with E-state index >= 15 is 0 Å². The number of hydrogen-bond donors (Lipinski definition) is 0. The van der Waals surface area contributed by atoms with E-state index in [4.69, 9.17) is 9.15 Å². The fourth-order valence-electron chi connectivity index (χ4n) is 2.90. The van der Waals surface area contributed by atoms with Gasteiger partial charge in [-0.05, 0) is 64.8 Å². The smallest absolute Gasteiger partial charge is 0.410 e. The number of piperidine rings is 1. The summed E-state index contributed by atoms with van der Waals surface area (Å²) >= 11 is 0. The predicted molar refractivity (Wildman–Crippen MR) is 96.0 cm³/mol. The summed E-state index contributed by atoms with van der Waals surface area (Å²) in [5, 5.41) is 1.13. The lowest BCUT2D eigenvalue weighted by Gasteiger charge is -2.30. The van der Waals surface area contributed by atoms with E-state index < -0.39 is 5.60 Å². The lowest BCUT2D eigenvalue weighted by molar-refractivity contribution is 0.0237. The van der Waals surface area contributed by atoms with Gasteiger partial charge in [0.1, 0.15) is 16.9 Å². The molecule has 1 aliphatic rings. The van der Waals surface area contributed by atoms with Gasteiger partial charge in [0.2, 0.25) is 0 Å². The first-order chi connectivity index (χ1) is 11.3. The molecular weight excluding hydrogens is 302 g/mol. The van der Waals surface area contributed by atoms with Crippen molar-refractivity contribution in [3.05, 3.63) is 41.2 Å². The van der Waals surface area contributed by atoms with Gasteiger partial charge in [0.15, 0.2) is 0 Å². The van der Waals surface area contributed by atoms with E-state index in [1.807, 2.05) is 26.8 Å². The molecule has 0 saturated carbocycles. The number of carbonyl (C=O) groups excluding carboxylic acids is 1. The van der Waals surface area contributed by atoms with E-state index in [0.717, 1.165) is 29.6 Å². The van der Waals surface area contributed by atoms with Crippen LogP contribution in [0.15, 0.2) is 34.3 Å². The van der Waals surface area contributed by atoms with E-state index in [1.54, 1.807) is 4.90 Å². The zero-order chi connectivity index (χ0) is 17.3. The molecule has 0 unspecified atom stereocenters. The van der Waals surface area contributed by atoms with Crippen LogP contribution in [0.25, 0.3) is 17.0 Å². The first kappa shape index (κ1) is 16.6. The third kappa shape index (κ3) is 3.99. The lowest BCUT2D eigenvalue weighted by Crippen LogP contribution is -2.40. The summed E-state index contributed by atoms with van der Waals surface area (Å²) < 4.78 is 11.3. The maximum Gasteiger partial charge on any atom is 0.410 e. The average Bonchev–Trinajstić information content (AvgIpc) is 2.87. The second kappa shape index (κ2) is 6.34. The number of fused-ring (bicyclic) bond motifs is 1. The van der Waals surface area contributed by atoms with Crippen LogP contribution in [0, 0.1) is 6.92 Å². The van der Waals surface area contributed by atoms with Crippen molar-refractivity contribution < 1.29 is 13.9 Å². The number of furan rings is 1. The van der Waals surface area contributed by atoms with Crippen molar-refractivity contribution in [2.45, 2.75) is 46.1 Å². The Balaban J connectivity index is 1.65. The Hall–Kier alpha value is -2.23. The molecule has 1 fully saturated rings.